The van der Waals surface area contributed by atoms with E-state index in [0.717, 1.165) is 23.8 Å². The number of rotatable bonds is 7. The zero-order valence-electron chi connectivity index (χ0n) is 15.8. The fourth-order valence-electron chi connectivity index (χ4n) is 2.86. The molecule has 0 unspecified atom stereocenters. The van der Waals surface area contributed by atoms with Gasteiger partial charge in [0.1, 0.15) is 5.69 Å². The van der Waals surface area contributed by atoms with E-state index in [4.69, 9.17) is 0 Å². The molecule has 2 aromatic carbocycles. The summed E-state index contributed by atoms with van der Waals surface area (Å²) in [6.45, 7) is 1.96. The molecule has 0 spiro atoms. The van der Waals surface area contributed by atoms with E-state index >= 15 is 0 Å². The molecule has 0 amide bonds. The molecule has 1 aliphatic rings. The Labute approximate surface area is 172 Å². The topological polar surface area (TPSA) is 151 Å². The Morgan fingerprint density at radius 1 is 1.17 bits per heavy atom. The molecule has 30 heavy (non-hydrogen) atoms. The highest BCUT2D eigenvalue weighted by Gasteiger charge is 2.23. The van der Waals surface area contributed by atoms with Gasteiger partial charge < -0.3 is 5.11 Å². The normalized spacial score (nSPS) is 15.0. The predicted molar refractivity (Wildman–Crippen MR) is 111 cm³/mol. The maximum absolute atomic E-state index is 12.7. The van der Waals surface area contributed by atoms with Gasteiger partial charge in [-0.2, -0.15) is 5.10 Å². The first-order valence-corrected chi connectivity index (χ1v) is 10.3. The summed E-state index contributed by atoms with van der Waals surface area (Å²) in [6, 6.07) is 8.77. The number of carbonyl (C=O) groups is 1. The molecule has 3 rings (SSSR count). The Morgan fingerprint density at radius 2 is 1.90 bits per heavy atom. The lowest BCUT2D eigenvalue weighted by Crippen LogP contribution is -2.16. The van der Waals surface area contributed by atoms with Crippen LogP contribution < -0.4 is 10.1 Å². The van der Waals surface area contributed by atoms with Crippen molar-refractivity contribution >= 4 is 38.8 Å². The number of carboxylic acids is 1. The van der Waals surface area contributed by atoms with Crippen molar-refractivity contribution in [2.24, 2.45) is 5.10 Å². The van der Waals surface area contributed by atoms with E-state index in [-0.39, 0.29) is 21.8 Å². The van der Waals surface area contributed by atoms with Crippen molar-refractivity contribution in [1.29, 1.82) is 0 Å². The van der Waals surface area contributed by atoms with Crippen molar-refractivity contribution in [3.63, 3.8) is 0 Å². The van der Waals surface area contributed by atoms with Gasteiger partial charge in [0.25, 0.3) is 15.7 Å². The van der Waals surface area contributed by atoms with E-state index < -0.39 is 26.6 Å². The molecule has 0 aromatic heterocycles. The van der Waals surface area contributed by atoms with E-state index in [9.17, 15) is 28.4 Å². The molecule has 0 radical (unpaired) electrons. The molecule has 0 saturated carbocycles. The number of nitrogens with zero attached hydrogens (tertiary/aromatic N) is 2. The molecule has 0 aliphatic heterocycles. The highest BCUT2D eigenvalue weighted by Crippen LogP contribution is 2.29. The first-order valence-electron chi connectivity index (χ1n) is 8.81. The third kappa shape index (κ3) is 4.63. The summed E-state index contributed by atoms with van der Waals surface area (Å²) in [6.07, 6.45) is 3.46. The summed E-state index contributed by atoms with van der Waals surface area (Å²) in [4.78, 5) is 21.6. The number of hydrogen-bond acceptors (Lipinski definition) is 7. The average molecular weight is 430 g/mol. The predicted octanol–water partition coefficient (Wildman–Crippen LogP) is 3.60. The number of para-hydroxylation sites is 1. The Balaban J connectivity index is 1.92. The van der Waals surface area contributed by atoms with Crippen molar-refractivity contribution in [3.05, 3.63) is 69.8 Å². The summed E-state index contributed by atoms with van der Waals surface area (Å²) in [5.41, 5.74) is 3.68. The van der Waals surface area contributed by atoms with Gasteiger partial charge in [-0.3, -0.25) is 20.3 Å². The molecule has 156 valence electrons. The van der Waals surface area contributed by atoms with Crippen LogP contribution in [-0.4, -0.2) is 30.1 Å². The minimum atomic E-state index is -4.27. The first-order chi connectivity index (χ1) is 14.2. The van der Waals surface area contributed by atoms with Crippen LogP contribution in [-0.2, 0) is 10.0 Å². The van der Waals surface area contributed by atoms with Crippen LogP contribution in [0.5, 0.6) is 0 Å². The number of anilines is 2. The molecule has 10 nitrogen and oxygen atoms in total. The molecule has 0 fully saturated rings. The van der Waals surface area contributed by atoms with Gasteiger partial charge in [0.05, 0.1) is 26.8 Å². The molecular weight excluding hydrogens is 412 g/mol. The largest absolute Gasteiger partial charge is 0.478 e. The van der Waals surface area contributed by atoms with Crippen LogP contribution in [0.2, 0.25) is 0 Å². The van der Waals surface area contributed by atoms with Gasteiger partial charge in [-0.05, 0) is 50.1 Å². The van der Waals surface area contributed by atoms with Crippen molar-refractivity contribution in [2.75, 3.05) is 10.1 Å². The van der Waals surface area contributed by atoms with Gasteiger partial charge >= 0.3 is 5.97 Å². The number of carboxylic acid groups (broad SMARTS) is 1. The zero-order valence-corrected chi connectivity index (χ0v) is 16.6. The number of benzene rings is 2. The van der Waals surface area contributed by atoms with Crippen LogP contribution in [0.3, 0.4) is 0 Å². The SMILES string of the molecule is CC1=CC(=NNc2ccc(S(=O)(=O)Nc3ccccc3C(=O)O)cc2[N+](=O)[O-])CC1. The van der Waals surface area contributed by atoms with Crippen LogP contribution in [0.1, 0.15) is 30.1 Å². The molecular formula is C19H18N4O6S. The second kappa shape index (κ2) is 8.33. The van der Waals surface area contributed by atoms with Crippen LogP contribution in [0.15, 0.2) is 64.1 Å². The molecule has 0 heterocycles. The standard InChI is InChI=1S/C19H18N4O6S/c1-12-6-7-13(10-12)20-21-17-9-8-14(11-18(17)23(26)27)30(28,29)22-16-5-3-2-4-15(16)19(24)25/h2-5,8-11,21-22H,6-7H2,1H3,(H,24,25). The fourth-order valence-corrected chi connectivity index (χ4v) is 3.96. The van der Waals surface area contributed by atoms with Gasteiger partial charge in [-0.15, -0.1) is 0 Å². The molecule has 0 saturated heterocycles. The number of nitrogens with one attached hydrogen (secondary N) is 2. The van der Waals surface area contributed by atoms with E-state index in [1.54, 1.807) is 0 Å². The Hall–Kier alpha value is -3.73. The first kappa shape index (κ1) is 21.0. The smallest absolute Gasteiger partial charge is 0.337 e. The number of hydrogen-bond donors (Lipinski definition) is 3. The van der Waals surface area contributed by atoms with Gasteiger partial charge in [0, 0.05) is 6.07 Å². The van der Waals surface area contributed by atoms with Crippen LogP contribution in [0.25, 0.3) is 0 Å². The number of hydrazone groups is 1. The van der Waals surface area contributed by atoms with Crippen molar-refractivity contribution in [1.82, 2.24) is 0 Å². The third-order valence-electron chi connectivity index (χ3n) is 4.39. The van der Waals surface area contributed by atoms with E-state index in [1.807, 2.05) is 13.0 Å². The fraction of sp³-hybridized carbons (Fsp3) is 0.158. The molecule has 3 N–H and O–H groups in total. The number of nitro groups is 1. The minimum absolute atomic E-state index is 0.0374. The molecule has 0 atom stereocenters. The van der Waals surface area contributed by atoms with Crippen molar-refractivity contribution < 1.29 is 23.2 Å². The summed E-state index contributed by atoms with van der Waals surface area (Å²) in [7, 11) is -4.27. The van der Waals surface area contributed by atoms with Crippen molar-refractivity contribution in [2.45, 2.75) is 24.7 Å². The maximum atomic E-state index is 12.7. The lowest BCUT2D eigenvalue weighted by molar-refractivity contribution is -0.384. The van der Waals surface area contributed by atoms with Gasteiger partial charge in [-0.1, -0.05) is 17.7 Å². The van der Waals surface area contributed by atoms with E-state index in [0.29, 0.717) is 6.42 Å². The molecule has 11 heteroatoms. The quantitative estimate of drug-likeness (QED) is 0.448. The number of aromatic carboxylic acids is 1. The van der Waals surface area contributed by atoms with Crippen molar-refractivity contribution in [3.8, 4) is 0 Å². The maximum Gasteiger partial charge on any atom is 0.337 e. The van der Waals surface area contributed by atoms with E-state index in [2.05, 4.69) is 15.2 Å². The Bertz CT molecular complexity index is 1190. The minimum Gasteiger partial charge on any atom is -0.478 e. The van der Waals surface area contributed by atoms with Gasteiger partial charge in [0.15, 0.2) is 0 Å². The molecule has 2 aromatic rings. The second-order valence-corrected chi connectivity index (χ2v) is 8.28. The molecule has 0 bridgehead atoms. The Morgan fingerprint density at radius 3 is 2.53 bits per heavy atom. The highest BCUT2D eigenvalue weighted by atomic mass is 32.2. The highest BCUT2D eigenvalue weighted by molar-refractivity contribution is 7.92. The average Bonchev–Trinajstić information content (AvgIpc) is 3.11. The lowest BCUT2D eigenvalue weighted by atomic mass is 10.2. The lowest BCUT2D eigenvalue weighted by Gasteiger charge is -2.11. The molecule has 1 aliphatic carbocycles. The van der Waals surface area contributed by atoms with Gasteiger partial charge in [-0.25, -0.2) is 13.2 Å². The summed E-state index contributed by atoms with van der Waals surface area (Å²) in [5.74, 6) is -1.31. The van der Waals surface area contributed by atoms with Crippen LogP contribution >= 0.6 is 0 Å². The van der Waals surface area contributed by atoms with Crippen LogP contribution in [0, 0.1) is 10.1 Å². The summed E-state index contributed by atoms with van der Waals surface area (Å²) >= 11 is 0. The summed E-state index contributed by atoms with van der Waals surface area (Å²) < 4.78 is 27.5. The second-order valence-electron chi connectivity index (χ2n) is 6.60. The van der Waals surface area contributed by atoms with Crippen LogP contribution in [0.4, 0.5) is 17.1 Å². The zero-order chi connectivity index (χ0) is 21.9. The van der Waals surface area contributed by atoms with E-state index in [1.165, 1.54) is 36.4 Å². The third-order valence-corrected chi connectivity index (χ3v) is 5.75. The number of allylic oxidation sites excluding steroid dienone is 2. The Kier molecular flexibility index (Phi) is 5.83. The number of sulfonamides is 1. The van der Waals surface area contributed by atoms with Gasteiger partial charge in [0.2, 0.25) is 0 Å². The number of nitro benzene ring substituents is 1. The monoisotopic (exact) mass is 430 g/mol. The summed E-state index contributed by atoms with van der Waals surface area (Å²) in [5, 5.41) is 24.8.